The Bertz CT molecular complexity index is 676. The number of aromatic nitrogens is 2. The third kappa shape index (κ3) is 4.55. The molecule has 0 radical (unpaired) electrons. The summed E-state index contributed by atoms with van der Waals surface area (Å²) < 4.78 is 11.6. The van der Waals surface area contributed by atoms with E-state index in [0.717, 1.165) is 31.9 Å². The monoisotopic (exact) mass is 339 g/mol. The molecule has 0 amide bonds. The second-order valence-corrected chi connectivity index (χ2v) is 7.00. The lowest BCUT2D eigenvalue weighted by atomic mass is 10.1. The maximum absolute atomic E-state index is 5.86. The van der Waals surface area contributed by atoms with Gasteiger partial charge >= 0.3 is 0 Å². The molecule has 0 spiro atoms. The molecule has 5 nitrogen and oxygen atoms in total. The lowest BCUT2D eigenvalue weighted by Gasteiger charge is -2.27. The van der Waals surface area contributed by atoms with Gasteiger partial charge in [-0.25, -0.2) is 0 Å². The van der Waals surface area contributed by atoms with E-state index in [-0.39, 0.29) is 0 Å². The Morgan fingerprint density at radius 2 is 2.04 bits per heavy atom. The smallest absolute Gasteiger partial charge is 0.137 e. The van der Waals surface area contributed by atoms with E-state index in [4.69, 9.17) is 9.47 Å². The molecule has 2 fully saturated rings. The van der Waals surface area contributed by atoms with Gasteiger partial charge in [0.2, 0.25) is 0 Å². The molecule has 3 unspecified atom stereocenters. The molecule has 1 N–H and O–H groups in total. The average Bonchev–Trinajstić information content (AvgIpc) is 3.38. The third-order valence-corrected chi connectivity index (χ3v) is 5.11. The zero-order valence-electron chi connectivity index (χ0n) is 14.4. The van der Waals surface area contributed by atoms with Crippen molar-refractivity contribution in [3.05, 3.63) is 54.1 Å². The Balaban J connectivity index is 1.18. The van der Waals surface area contributed by atoms with Gasteiger partial charge in [0.05, 0.1) is 12.8 Å². The van der Waals surface area contributed by atoms with Crippen LogP contribution in [0.25, 0.3) is 0 Å². The van der Waals surface area contributed by atoms with Gasteiger partial charge in [-0.15, -0.1) is 0 Å². The molecule has 5 heteroatoms. The largest absolute Gasteiger partial charge is 0.490 e. The molecular weight excluding hydrogens is 314 g/mol. The molecule has 25 heavy (non-hydrogen) atoms. The van der Waals surface area contributed by atoms with E-state index < -0.39 is 0 Å². The summed E-state index contributed by atoms with van der Waals surface area (Å²) in [4.78, 5) is 8.37. The average molecular weight is 339 g/mol. The van der Waals surface area contributed by atoms with Crippen molar-refractivity contribution >= 4 is 0 Å². The maximum atomic E-state index is 5.86. The number of pyridine rings is 2. The van der Waals surface area contributed by atoms with Gasteiger partial charge < -0.3 is 14.8 Å². The van der Waals surface area contributed by atoms with Crippen molar-refractivity contribution in [2.45, 2.75) is 37.8 Å². The van der Waals surface area contributed by atoms with Gasteiger partial charge in [-0.2, -0.15) is 0 Å². The molecule has 1 aliphatic carbocycles. The Kier molecular flexibility index (Phi) is 5.23. The van der Waals surface area contributed by atoms with E-state index in [0.29, 0.717) is 24.5 Å². The molecule has 1 saturated heterocycles. The van der Waals surface area contributed by atoms with E-state index in [1.54, 1.807) is 12.4 Å². The fourth-order valence-electron chi connectivity index (χ4n) is 3.28. The second-order valence-electron chi connectivity index (χ2n) is 7.00. The molecule has 4 rings (SSSR count). The van der Waals surface area contributed by atoms with Crippen molar-refractivity contribution in [2.24, 2.45) is 5.92 Å². The molecule has 2 aliphatic rings. The van der Waals surface area contributed by atoms with Crippen LogP contribution in [0.4, 0.5) is 0 Å². The lowest BCUT2D eigenvalue weighted by molar-refractivity contribution is 0.114. The molecular formula is C20H25N3O2. The summed E-state index contributed by atoms with van der Waals surface area (Å²) in [6.45, 7) is 3.32. The lowest BCUT2D eigenvalue weighted by Crippen LogP contribution is -2.46. The summed E-state index contributed by atoms with van der Waals surface area (Å²) in [7, 11) is 0. The zero-order chi connectivity index (χ0) is 16.9. The van der Waals surface area contributed by atoms with E-state index in [9.17, 15) is 0 Å². The maximum Gasteiger partial charge on any atom is 0.137 e. The molecule has 2 aromatic rings. The van der Waals surface area contributed by atoms with Crippen molar-refractivity contribution in [1.29, 1.82) is 0 Å². The minimum Gasteiger partial charge on any atom is -0.490 e. The van der Waals surface area contributed by atoms with E-state index in [1.165, 1.54) is 24.0 Å². The Morgan fingerprint density at radius 3 is 2.84 bits per heavy atom. The van der Waals surface area contributed by atoms with E-state index in [2.05, 4.69) is 21.4 Å². The molecule has 0 bridgehead atoms. The topological polar surface area (TPSA) is 56.3 Å². The van der Waals surface area contributed by atoms with Crippen molar-refractivity contribution < 1.29 is 9.47 Å². The number of nitrogens with one attached hydrogen (secondary N) is 1. The molecule has 3 atom stereocenters. The highest BCUT2D eigenvalue weighted by Gasteiger charge is 2.38. The summed E-state index contributed by atoms with van der Waals surface area (Å²) >= 11 is 0. The first-order valence-electron chi connectivity index (χ1n) is 9.16. The predicted molar refractivity (Wildman–Crippen MR) is 95.5 cm³/mol. The van der Waals surface area contributed by atoms with Gasteiger partial charge in [0.1, 0.15) is 12.4 Å². The normalized spacial score (nSPS) is 24.6. The Hall–Kier alpha value is -1.98. The molecule has 1 saturated carbocycles. The van der Waals surface area contributed by atoms with Gasteiger partial charge in [0.25, 0.3) is 0 Å². The molecule has 1 aliphatic heterocycles. The fraction of sp³-hybridized carbons (Fsp3) is 0.500. The third-order valence-electron chi connectivity index (χ3n) is 5.11. The summed E-state index contributed by atoms with van der Waals surface area (Å²) in [5.41, 5.74) is 2.48. The highest BCUT2D eigenvalue weighted by Crippen LogP contribution is 2.49. The number of hydrogen-bond acceptors (Lipinski definition) is 5. The Labute approximate surface area is 148 Å². The SMILES string of the molecule is c1cc(COCCC2CC2c2cncc(OCC3CCN3)c2)ccn1. The van der Waals surface area contributed by atoms with Gasteiger partial charge in [-0.05, 0) is 67.0 Å². The minimum absolute atomic E-state index is 0.509. The van der Waals surface area contributed by atoms with E-state index in [1.807, 2.05) is 24.5 Å². The van der Waals surface area contributed by atoms with Crippen molar-refractivity contribution in [3.8, 4) is 5.75 Å². The Morgan fingerprint density at radius 1 is 1.16 bits per heavy atom. The number of ether oxygens (including phenoxy) is 2. The molecule has 132 valence electrons. The standard InChI is InChI=1S/C20H25N3O2/c1-5-21-6-2-15(1)13-24-8-4-16-10-20(16)17-9-19(12-22-11-17)25-14-18-3-7-23-18/h1-2,5-6,9,11-12,16,18,20,23H,3-4,7-8,10,13-14H2. The van der Waals surface area contributed by atoms with Crippen LogP contribution < -0.4 is 10.1 Å². The fourth-order valence-corrected chi connectivity index (χ4v) is 3.28. The highest BCUT2D eigenvalue weighted by atomic mass is 16.5. The van der Waals surface area contributed by atoms with E-state index >= 15 is 0 Å². The highest BCUT2D eigenvalue weighted by molar-refractivity contribution is 5.30. The van der Waals surface area contributed by atoms with Crippen LogP contribution in [0.1, 0.15) is 36.3 Å². The van der Waals surface area contributed by atoms with Crippen molar-refractivity contribution in [3.63, 3.8) is 0 Å². The van der Waals surface area contributed by atoms with Gasteiger partial charge in [-0.3, -0.25) is 9.97 Å². The van der Waals surface area contributed by atoms with Gasteiger partial charge in [-0.1, -0.05) is 0 Å². The first kappa shape index (κ1) is 16.5. The zero-order valence-corrected chi connectivity index (χ0v) is 14.4. The first-order chi connectivity index (χ1) is 12.4. The number of hydrogen-bond donors (Lipinski definition) is 1. The van der Waals surface area contributed by atoms with Gasteiger partial charge in [0, 0.05) is 31.2 Å². The van der Waals surface area contributed by atoms with Crippen LogP contribution in [0.3, 0.4) is 0 Å². The van der Waals surface area contributed by atoms with Crippen LogP contribution >= 0.6 is 0 Å². The number of rotatable bonds is 9. The van der Waals surface area contributed by atoms with Crippen LogP contribution in [-0.2, 0) is 11.3 Å². The summed E-state index contributed by atoms with van der Waals surface area (Å²) in [6.07, 6.45) is 10.9. The quantitative estimate of drug-likeness (QED) is 0.712. The summed E-state index contributed by atoms with van der Waals surface area (Å²) in [6, 6.07) is 6.66. The van der Waals surface area contributed by atoms with Crippen LogP contribution in [0.5, 0.6) is 5.75 Å². The number of nitrogens with zero attached hydrogens (tertiary/aromatic N) is 2. The first-order valence-corrected chi connectivity index (χ1v) is 9.16. The van der Waals surface area contributed by atoms with Crippen LogP contribution in [0, 0.1) is 5.92 Å². The van der Waals surface area contributed by atoms with Crippen molar-refractivity contribution in [1.82, 2.24) is 15.3 Å². The summed E-state index contributed by atoms with van der Waals surface area (Å²) in [5, 5.41) is 3.35. The van der Waals surface area contributed by atoms with Crippen LogP contribution in [0.15, 0.2) is 43.0 Å². The summed E-state index contributed by atoms with van der Waals surface area (Å²) in [5.74, 6) is 2.22. The van der Waals surface area contributed by atoms with Crippen LogP contribution in [-0.4, -0.2) is 35.8 Å². The second kappa shape index (κ2) is 7.93. The van der Waals surface area contributed by atoms with Crippen LogP contribution in [0.2, 0.25) is 0 Å². The molecule has 3 heterocycles. The minimum atomic E-state index is 0.509. The molecule has 0 aromatic carbocycles. The van der Waals surface area contributed by atoms with Crippen molar-refractivity contribution in [2.75, 3.05) is 19.8 Å². The van der Waals surface area contributed by atoms with Gasteiger partial charge in [0.15, 0.2) is 0 Å². The molecule has 2 aromatic heterocycles. The predicted octanol–water partition coefficient (Wildman–Crippen LogP) is 2.93.